The summed E-state index contributed by atoms with van der Waals surface area (Å²) in [5.41, 5.74) is 0.661. The largest absolute Gasteiger partial charge is 0.325 e. The maximum Gasteiger partial charge on any atom is 0.325 e. The van der Waals surface area contributed by atoms with E-state index >= 15 is 0 Å². The van der Waals surface area contributed by atoms with E-state index in [1.807, 2.05) is 12.1 Å². The maximum absolute atomic E-state index is 13.0. The van der Waals surface area contributed by atoms with E-state index in [1.54, 1.807) is 31.2 Å². The quantitative estimate of drug-likeness (QED) is 0.506. The summed E-state index contributed by atoms with van der Waals surface area (Å²) < 4.78 is 0. The molecule has 0 spiro atoms. The van der Waals surface area contributed by atoms with Crippen molar-refractivity contribution in [3.8, 4) is 0 Å². The number of hydrogen-bond acceptors (Lipinski definition) is 3. The van der Waals surface area contributed by atoms with Crippen LogP contribution in [0, 0.1) is 0 Å². The summed E-state index contributed by atoms with van der Waals surface area (Å²) in [7, 11) is 0. The molecule has 0 radical (unpaired) electrons. The Kier molecular flexibility index (Phi) is 6.01. The molecular weight excluding hydrogens is 411 g/mol. The van der Waals surface area contributed by atoms with Gasteiger partial charge < -0.3 is 5.32 Å². The Labute approximate surface area is 180 Å². The number of nitrogens with zero attached hydrogens (tertiary/aromatic N) is 1. The molecule has 3 rings (SSSR count). The van der Waals surface area contributed by atoms with Crippen molar-refractivity contribution in [2.75, 3.05) is 6.54 Å². The lowest BCUT2D eigenvalue weighted by molar-refractivity contribution is -0.130. The first-order valence-corrected chi connectivity index (χ1v) is 10.2. The van der Waals surface area contributed by atoms with Crippen LogP contribution in [0.5, 0.6) is 0 Å². The molecule has 2 aromatic rings. The van der Waals surface area contributed by atoms with Crippen LogP contribution in [-0.4, -0.2) is 29.2 Å². The van der Waals surface area contributed by atoms with Crippen molar-refractivity contribution >= 4 is 40.9 Å². The molecule has 0 bridgehead atoms. The number of amides is 3. The van der Waals surface area contributed by atoms with Crippen LogP contribution in [0.15, 0.2) is 42.5 Å². The van der Waals surface area contributed by atoms with Crippen LogP contribution < -0.4 is 5.32 Å². The van der Waals surface area contributed by atoms with Crippen LogP contribution in [0.25, 0.3) is 0 Å². The Morgan fingerprint density at radius 3 is 2.38 bits per heavy atom. The number of rotatable bonds is 6. The molecule has 1 heterocycles. The second-order valence-corrected chi connectivity index (χ2v) is 8.27. The molecule has 5 nitrogen and oxygen atoms in total. The fraction of sp³-hybridized carbons (Fsp3) is 0.318. The predicted octanol–water partition coefficient (Wildman–Crippen LogP) is 5.16. The summed E-state index contributed by atoms with van der Waals surface area (Å²) in [4.78, 5) is 39.1. The van der Waals surface area contributed by atoms with Gasteiger partial charge in [0.15, 0.2) is 5.78 Å². The normalized spacial score (nSPS) is 20.0. The molecule has 1 saturated heterocycles. The monoisotopic (exact) mass is 432 g/mol. The molecule has 1 aliphatic rings. The van der Waals surface area contributed by atoms with Crippen molar-refractivity contribution in [2.45, 2.75) is 38.6 Å². The highest BCUT2D eigenvalue weighted by Gasteiger charge is 2.50. The minimum atomic E-state index is -1.36. The fourth-order valence-corrected chi connectivity index (χ4v) is 3.98. The second kappa shape index (κ2) is 8.17. The zero-order valence-electron chi connectivity index (χ0n) is 16.5. The fourth-order valence-electron chi connectivity index (χ4n) is 3.39. The van der Waals surface area contributed by atoms with Gasteiger partial charge in [-0.1, -0.05) is 67.4 Å². The highest BCUT2D eigenvalue weighted by molar-refractivity contribution is 6.35. The third-order valence-corrected chi connectivity index (χ3v) is 6.01. The van der Waals surface area contributed by atoms with Gasteiger partial charge in [-0.15, -0.1) is 0 Å². The van der Waals surface area contributed by atoms with Gasteiger partial charge in [-0.2, -0.15) is 0 Å². The van der Waals surface area contributed by atoms with Gasteiger partial charge in [0.25, 0.3) is 5.91 Å². The molecule has 152 valence electrons. The summed E-state index contributed by atoms with van der Waals surface area (Å²) in [6.45, 7) is 5.44. The van der Waals surface area contributed by atoms with Crippen LogP contribution in [-0.2, 0) is 10.3 Å². The smallest absolute Gasteiger partial charge is 0.319 e. The highest BCUT2D eigenvalue weighted by atomic mass is 35.5. The number of ketones is 1. The number of imide groups is 1. The molecule has 0 aromatic heterocycles. The molecular formula is C22H22Cl2N2O3. The summed E-state index contributed by atoms with van der Waals surface area (Å²) in [6.07, 6.45) is 1.00. The van der Waals surface area contributed by atoms with E-state index < -0.39 is 17.5 Å². The third kappa shape index (κ3) is 4.02. The van der Waals surface area contributed by atoms with Gasteiger partial charge in [0.2, 0.25) is 0 Å². The Balaban J connectivity index is 1.80. The zero-order valence-corrected chi connectivity index (χ0v) is 18.0. The molecule has 1 N–H and O–H groups in total. The van der Waals surface area contributed by atoms with E-state index in [0.717, 1.165) is 16.9 Å². The van der Waals surface area contributed by atoms with Crippen molar-refractivity contribution < 1.29 is 14.4 Å². The lowest BCUT2D eigenvalue weighted by Gasteiger charge is -2.23. The molecule has 1 aliphatic heterocycles. The lowest BCUT2D eigenvalue weighted by atomic mass is 9.92. The van der Waals surface area contributed by atoms with E-state index in [-0.39, 0.29) is 17.4 Å². The van der Waals surface area contributed by atoms with Crippen molar-refractivity contribution in [3.05, 3.63) is 69.2 Å². The van der Waals surface area contributed by atoms with Gasteiger partial charge in [-0.3, -0.25) is 14.5 Å². The van der Waals surface area contributed by atoms with Crippen LogP contribution in [0.3, 0.4) is 0 Å². The number of hydrogen-bond donors (Lipinski definition) is 1. The van der Waals surface area contributed by atoms with Gasteiger partial charge in [0.1, 0.15) is 5.54 Å². The number of nitrogens with one attached hydrogen (secondary N) is 1. The van der Waals surface area contributed by atoms with Gasteiger partial charge in [0, 0.05) is 21.2 Å². The van der Waals surface area contributed by atoms with Crippen LogP contribution in [0.1, 0.15) is 54.6 Å². The first-order chi connectivity index (χ1) is 13.7. The van der Waals surface area contributed by atoms with E-state index in [2.05, 4.69) is 19.2 Å². The Morgan fingerprint density at radius 2 is 1.79 bits per heavy atom. The minimum absolute atomic E-state index is 0.266. The van der Waals surface area contributed by atoms with Crippen molar-refractivity contribution in [1.82, 2.24) is 10.2 Å². The van der Waals surface area contributed by atoms with Gasteiger partial charge >= 0.3 is 6.03 Å². The van der Waals surface area contributed by atoms with Crippen molar-refractivity contribution in [1.29, 1.82) is 0 Å². The van der Waals surface area contributed by atoms with Crippen LogP contribution in [0.2, 0.25) is 10.0 Å². The summed E-state index contributed by atoms with van der Waals surface area (Å²) in [5, 5.41) is 3.34. The number of urea groups is 1. The van der Waals surface area contributed by atoms with Crippen LogP contribution >= 0.6 is 23.2 Å². The molecule has 2 aromatic carbocycles. The molecule has 2 atom stereocenters. The zero-order chi connectivity index (χ0) is 21.3. The standard InChI is InChI=1S/C22H22Cl2N2O3/c1-4-13(2)14-5-7-15(8-6-14)19(27)12-26-20(28)22(3,25-21(26)29)17-10-9-16(23)11-18(17)24/h5-11,13H,4,12H2,1-3H3,(H,25,29). The van der Waals surface area contributed by atoms with E-state index in [4.69, 9.17) is 23.2 Å². The average molecular weight is 433 g/mol. The lowest BCUT2D eigenvalue weighted by Crippen LogP contribution is -2.41. The number of benzene rings is 2. The molecule has 0 aliphatic carbocycles. The molecule has 0 saturated carbocycles. The molecule has 3 amide bonds. The third-order valence-electron chi connectivity index (χ3n) is 5.46. The Bertz CT molecular complexity index is 975. The van der Waals surface area contributed by atoms with Crippen molar-refractivity contribution in [2.24, 2.45) is 0 Å². The molecule has 7 heteroatoms. The SMILES string of the molecule is CCC(C)c1ccc(C(=O)CN2C(=O)NC(C)(c3ccc(Cl)cc3Cl)C2=O)cc1. The van der Waals surface area contributed by atoms with Gasteiger partial charge in [-0.25, -0.2) is 4.79 Å². The summed E-state index contributed by atoms with van der Waals surface area (Å²) in [6, 6.07) is 11.4. The Hall–Kier alpha value is -2.37. The topological polar surface area (TPSA) is 66.5 Å². The van der Waals surface area contributed by atoms with Crippen LogP contribution in [0.4, 0.5) is 4.79 Å². The average Bonchev–Trinajstić information content (AvgIpc) is 2.91. The number of carbonyl (C=O) groups excluding carboxylic acids is 3. The second-order valence-electron chi connectivity index (χ2n) is 7.43. The first-order valence-electron chi connectivity index (χ1n) is 9.40. The van der Waals surface area contributed by atoms with E-state index in [9.17, 15) is 14.4 Å². The number of Topliss-reactive ketones (excluding diaryl/α,β-unsaturated/α-hetero) is 1. The maximum atomic E-state index is 13.0. The summed E-state index contributed by atoms with van der Waals surface area (Å²) in [5.74, 6) is -0.443. The van der Waals surface area contributed by atoms with Gasteiger partial charge in [0.05, 0.1) is 6.54 Å². The molecule has 29 heavy (non-hydrogen) atoms. The Morgan fingerprint density at radius 1 is 1.14 bits per heavy atom. The van der Waals surface area contributed by atoms with Gasteiger partial charge in [-0.05, 0) is 37.0 Å². The molecule has 2 unspecified atom stereocenters. The highest BCUT2D eigenvalue weighted by Crippen LogP contribution is 2.35. The van der Waals surface area contributed by atoms with Crippen molar-refractivity contribution in [3.63, 3.8) is 0 Å². The summed E-state index contributed by atoms with van der Waals surface area (Å²) >= 11 is 12.2. The number of halogens is 2. The first kappa shape index (κ1) is 21.3. The van der Waals surface area contributed by atoms with E-state index in [0.29, 0.717) is 22.1 Å². The van der Waals surface area contributed by atoms with E-state index in [1.165, 1.54) is 6.07 Å². The molecule has 1 fully saturated rings. The minimum Gasteiger partial charge on any atom is -0.319 e. The predicted molar refractivity (Wildman–Crippen MR) is 114 cm³/mol. The number of carbonyl (C=O) groups is 3.